The first kappa shape index (κ1) is 29.0. The van der Waals surface area contributed by atoms with E-state index in [-0.39, 0.29) is 11.9 Å². The summed E-state index contributed by atoms with van der Waals surface area (Å²) in [6.45, 7) is 7.65. The largest absolute Gasteiger partial charge is 0.476 e. The third kappa shape index (κ3) is 8.23. The summed E-state index contributed by atoms with van der Waals surface area (Å²) in [6, 6.07) is 16.1. The van der Waals surface area contributed by atoms with Gasteiger partial charge < -0.3 is 19.7 Å². The van der Waals surface area contributed by atoms with Crippen LogP contribution in [-0.4, -0.2) is 37.2 Å². The van der Waals surface area contributed by atoms with E-state index in [1.165, 1.54) is 62.6 Å². The average Bonchev–Trinajstić information content (AvgIpc) is 2.95. The summed E-state index contributed by atoms with van der Waals surface area (Å²) in [5.41, 5.74) is 2.37. The Bertz CT molecular complexity index is 1070. The molecule has 2 aromatic rings. The van der Waals surface area contributed by atoms with Crippen LogP contribution in [0.15, 0.2) is 48.5 Å². The first-order valence-corrected chi connectivity index (χ1v) is 14.9. The standard InChI is InChI=1S/C33H46N2O4/c1-4-38-32(37)33(2,3)39-27-19-17-26(18-20-27)24-31(36)34-29(23-25-13-7-5-8-14-25)28-15-9-10-16-30(28)35-21-11-6-12-22-35/h9-10,15-20,25,29H,4-8,11-14,21-24H2,1-3H3,(H,34,36). The quantitative estimate of drug-likeness (QED) is 0.322. The van der Waals surface area contributed by atoms with Crippen LogP contribution in [0.25, 0.3) is 0 Å². The van der Waals surface area contributed by atoms with Gasteiger partial charge in [-0.3, -0.25) is 4.79 Å². The minimum atomic E-state index is -1.08. The number of rotatable bonds is 11. The molecule has 6 heteroatoms. The summed E-state index contributed by atoms with van der Waals surface area (Å²) in [7, 11) is 0. The van der Waals surface area contributed by atoms with E-state index in [1.54, 1.807) is 20.8 Å². The summed E-state index contributed by atoms with van der Waals surface area (Å²) in [5, 5.41) is 3.43. The van der Waals surface area contributed by atoms with Gasteiger partial charge in [0.1, 0.15) is 5.75 Å². The molecule has 212 valence electrons. The Kier molecular flexibility index (Phi) is 10.3. The number of esters is 1. The van der Waals surface area contributed by atoms with Crippen LogP contribution in [0.4, 0.5) is 5.69 Å². The van der Waals surface area contributed by atoms with Crippen LogP contribution in [0.2, 0.25) is 0 Å². The Labute approximate surface area is 234 Å². The predicted octanol–water partition coefficient (Wildman–Crippen LogP) is 6.77. The first-order valence-electron chi connectivity index (χ1n) is 14.9. The fourth-order valence-electron chi connectivity index (χ4n) is 5.97. The number of piperidine rings is 1. The maximum absolute atomic E-state index is 13.4. The zero-order valence-electron chi connectivity index (χ0n) is 24.0. The van der Waals surface area contributed by atoms with Crippen LogP contribution >= 0.6 is 0 Å². The molecule has 0 radical (unpaired) electrons. The third-order valence-corrected chi connectivity index (χ3v) is 8.07. The molecular weight excluding hydrogens is 488 g/mol. The Morgan fingerprint density at radius 3 is 2.31 bits per heavy atom. The summed E-state index contributed by atoms with van der Waals surface area (Å²) in [6.07, 6.45) is 11.5. The van der Waals surface area contributed by atoms with Gasteiger partial charge in [0, 0.05) is 18.8 Å². The second kappa shape index (κ2) is 13.9. The number of benzene rings is 2. The SMILES string of the molecule is CCOC(=O)C(C)(C)Oc1ccc(CC(=O)NC(CC2CCCCC2)c2ccccc2N2CCCCC2)cc1. The lowest BCUT2D eigenvalue weighted by molar-refractivity contribution is -0.158. The van der Waals surface area contributed by atoms with Gasteiger partial charge in [0.2, 0.25) is 5.91 Å². The molecular formula is C33H46N2O4. The number of hydrogen-bond donors (Lipinski definition) is 1. The van der Waals surface area contributed by atoms with Gasteiger partial charge in [-0.2, -0.15) is 0 Å². The molecule has 39 heavy (non-hydrogen) atoms. The molecule has 4 rings (SSSR count). The van der Waals surface area contributed by atoms with Crippen LogP contribution < -0.4 is 15.0 Å². The van der Waals surface area contributed by atoms with Crippen molar-refractivity contribution in [3.05, 3.63) is 59.7 Å². The maximum atomic E-state index is 13.4. The van der Waals surface area contributed by atoms with Gasteiger partial charge in [0.05, 0.1) is 19.1 Å². The van der Waals surface area contributed by atoms with Gasteiger partial charge in [-0.15, -0.1) is 0 Å². The van der Waals surface area contributed by atoms with Gasteiger partial charge in [-0.1, -0.05) is 62.4 Å². The van der Waals surface area contributed by atoms with Crippen molar-refractivity contribution in [2.24, 2.45) is 5.92 Å². The molecule has 1 saturated heterocycles. The lowest BCUT2D eigenvalue weighted by Crippen LogP contribution is -2.39. The van der Waals surface area contributed by atoms with Crippen LogP contribution in [0.1, 0.15) is 95.7 Å². The monoisotopic (exact) mass is 534 g/mol. The molecule has 0 bridgehead atoms. The Morgan fingerprint density at radius 1 is 0.949 bits per heavy atom. The number of anilines is 1. The van der Waals surface area contributed by atoms with E-state index in [9.17, 15) is 9.59 Å². The molecule has 1 heterocycles. The summed E-state index contributed by atoms with van der Waals surface area (Å²) in [5.74, 6) is 0.854. The minimum Gasteiger partial charge on any atom is -0.476 e. The highest BCUT2D eigenvalue weighted by molar-refractivity contribution is 5.80. The van der Waals surface area contributed by atoms with Crippen LogP contribution in [-0.2, 0) is 20.7 Å². The third-order valence-electron chi connectivity index (χ3n) is 8.07. The van der Waals surface area contributed by atoms with E-state index in [0.717, 1.165) is 25.1 Å². The van der Waals surface area contributed by atoms with Gasteiger partial charge in [-0.25, -0.2) is 4.79 Å². The Morgan fingerprint density at radius 2 is 1.62 bits per heavy atom. The van der Waals surface area contributed by atoms with E-state index in [1.807, 2.05) is 24.3 Å². The second-order valence-corrected chi connectivity index (χ2v) is 11.6. The molecule has 1 aliphatic heterocycles. The van der Waals surface area contributed by atoms with Crippen molar-refractivity contribution in [1.82, 2.24) is 5.32 Å². The van der Waals surface area contributed by atoms with Crippen molar-refractivity contribution in [1.29, 1.82) is 0 Å². The van der Waals surface area contributed by atoms with Crippen molar-refractivity contribution in [2.75, 3.05) is 24.6 Å². The number of carbonyl (C=O) groups excluding carboxylic acids is 2. The number of hydrogen-bond acceptors (Lipinski definition) is 5. The summed E-state index contributed by atoms with van der Waals surface area (Å²) < 4.78 is 11.0. The predicted molar refractivity (Wildman–Crippen MR) is 156 cm³/mol. The molecule has 2 fully saturated rings. The number of amides is 1. The van der Waals surface area contributed by atoms with Gasteiger partial charge in [0.25, 0.3) is 0 Å². The molecule has 0 aromatic heterocycles. The molecule has 1 unspecified atom stereocenters. The molecule has 2 aromatic carbocycles. The molecule has 1 N–H and O–H groups in total. The number of nitrogens with one attached hydrogen (secondary N) is 1. The molecule has 1 saturated carbocycles. The fourth-order valence-corrected chi connectivity index (χ4v) is 5.97. The normalized spacial score (nSPS) is 17.4. The molecule has 0 spiro atoms. The van der Waals surface area contributed by atoms with Gasteiger partial charge in [-0.05, 0) is 81.7 Å². The number of nitrogens with zero attached hydrogens (tertiary/aromatic N) is 1. The van der Waals surface area contributed by atoms with Crippen molar-refractivity contribution in [3.8, 4) is 5.75 Å². The number of carbonyl (C=O) groups is 2. The lowest BCUT2D eigenvalue weighted by atomic mass is 9.83. The highest BCUT2D eigenvalue weighted by Crippen LogP contribution is 2.36. The van der Waals surface area contributed by atoms with Crippen molar-refractivity contribution in [2.45, 2.75) is 96.6 Å². The fraction of sp³-hybridized carbons (Fsp3) is 0.576. The smallest absolute Gasteiger partial charge is 0.349 e. The van der Waals surface area contributed by atoms with Crippen molar-refractivity contribution >= 4 is 17.6 Å². The molecule has 1 amide bonds. The van der Waals surface area contributed by atoms with Crippen LogP contribution in [0.5, 0.6) is 5.75 Å². The number of ether oxygens (including phenoxy) is 2. The Balaban J connectivity index is 1.45. The van der Waals surface area contributed by atoms with Crippen LogP contribution in [0, 0.1) is 5.92 Å². The lowest BCUT2D eigenvalue weighted by Gasteiger charge is -2.34. The first-order chi connectivity index (χ1) is 18.9. The second-order valence-electron chi connectivity index (χ2n) is 11.6. The molecule has 2 aliphatic rings. The van der Waals surface area contributed by atoms with Crippen LogP contribution in [0.3, 0.4) is 0 Å². The van der Waals surface area contributed by atoms with E-state index in [0.29, 0.717) is 24.7 Å². The van der Waals surface area contributed by atoms with Gasteiger partial charge in [0.15, 0.2) is 5.60 Å². The molecule has 1 aliphatic carbocycles. The summed E-state index contributed by atoms with van der Waals surface area (Å²) >= 11 is 0. The van der Waals surface area contributed by atoms with Gasteiger partial charge >= 0.3 is 5.97 Å². The molecule has 1 atom stereocenters. The average molecular weight is 535 g/mol. The van der Waals surface area contributed by atoms with Crippen molar-refractivity contribution < 1.29 is 19.1 Å². The van der Waals surface area contributed by atoms with E-state index < -0.39 is 11.6 Å². The maximum Gasteiger partial charge on any atom is 0.349 e. The Hall–Kier alpha value is -3.02. The van der Waals surface area contributed by atoms with E-state index in [2.05, 4.69) is 34.5 Å². The molecule has 6 nitrogen and oxygen atoms in total. The van der Waals surface area contributed by atoms with E-state index in [4.69, 9.17) is 9.47 Å². The zero-order chi connectivity index (χ0) is 27.7. The highest BCUT2D eigenvalue weighted by Gasteiger charge is 2.31. The topological polar surface area (TPSA) is 67.9 Å². The summed E-state index contributed by atoms with van der Waals surface area (Å²) in [4.78, 5) is 28.1. The number of para-hydroxylation sites is 1. The minimum absolute atomic E-state index is 0.00621. The highest BCUT2D eigenvalue weighted by atomic mass is 16.6. The van der Waals surface area contributed by atoms with Crippen molar-refractivity contribution in [3.63, 3.8) is 0 Å². The van der Waals surface area contributed by atoms with E-state index >= 15 is 0 Å². The zero-order valence-corrected chi connectivity index (χ0v) is 24.0.